The third-order valence-electron chi connectivity index (χ3n) is 6.05. The van der Waals surface area contributed by atoms with Crippen LogP contribution in [0, 0.1) is 5.92 Å². The van der Waals surface area contributed by atoms with Crippen molar-refractivity contribution in [3.63, 3.8) is 0 Å². The van der Waals surface area contributed by atoms with E-state index in [2.05, 4.69) is 38.7 Å². The molecular formula is C20H30ClIN4. The molecule has 2 aliphatic carbocycles. The Kier molecular flexibility index (Phi) is 6.73. The molecule has 2 saturated carbocycles. The zero-order valence-corrected chi connectivity index (χ0v) is 18.6. The number of likely N-dealkylation sites (tertiary alicyclic amines) is 1. The summed E-state index contributed by atoms with van der Waals surface area (Å²) >= 11 is 6.17. The normalized spacial score (nSPS) is 24.8. The summed E-state index contributed by atoms with van der Waals surface area (Å²) in [5, 5.41) is 7.91. The number of halogens is 2. The van der Waals surface area contributed by atoms with Crippen LogP contribution >= 0.6 is 35.6 Å². The van der Waals surface area contributed by atoms with E-state index in [1.54, 1.807) is 0 Å². The molecule has 1 unspecified atom stereocenters. The standard InChI is InChI=1S/C20H29ClN4.HI/c1-22-19(23-12-15-7-10-25(13-15)18-5-6-18)24-14-20(8-9-20)16-3-2-4-17(21)11-16;/h2-4,11,15,18H,5-10,12-14H2,1H3,(H2,22,23,24);1H. The fourth-order valence-electron chi connectivity index (χ4n) is 4.05. The van der Waals surface area contributed by atoms with Gasteiger partial charge in [0.1, 0.15) is 0 Å². The molecule has 1 heterocycles. The molecule has 6 heteroatoms. The van der Waals surface area contributed by atoms with Gasteiger partial charge in [-0.25, -0.2) is 0 Å². The Labute approximate surface area is 179 Å². The molecule has 3 fully saturated rings. The van der Waals surface area contributed by atoms with Crippen LogP contribution in [-0.2, 0) is 5.41 Å². The van der Waals surface area contributed by atoms with E-state index in [4.69, 9.17) is 11.6 Å². The highest BCUT2D eigenvalue weighted by atomic mass is 127. The van der Waals surface area contributed by atoms with Gasteiger partial charge in [-0.1, -0.05) is 23.7 Å². The van der Waals surface area contributed by atoms with Crippen LogP contribution in [0.15, 0.2) is 29.3 Å². The van der Waals surface area contributed by atoms with Crippen molar-refractivity contribution in [1.82, 2.24) is 15.5 Å². The lowest BCUT2D eigenvalue weighted by Crippen LogP contribution is -2.43. The molecule has 1 aromatic rings. The van der Waals surface area contributed by atoms with Crippen molar-refractivity contribution >= 4 is 41.5 Å². The quantitative estimate of drug-likeness (QED) is 0.365. The van der Waals surface area contributed by atoms with E-state index >= 15 is 0 Å². The number of benzene rings is 1. The molecular weight excluding hydrogens is 459 g/mol. The van der Waals surface area contributed by atoms with Gasteiger partial charge in [-0.3, -0.25) is 4.99 Å². The first-order valence-corrected chi connectivity index (χ1v) is 10.0. The number of nitrogens with zero attached hydrogens (tertiary/aromatic N) is 2. The number of hydrogen-bond acceptors (Lipinski definition) is 2. The molecule has 1 saturated heterocycles. The van der Waals surface area contributed by atoms with Gasteiger partial charge in [-0.2, -0.15) is 0 Å². The number of nitrogens with one attached hydrogen (secondary N) is 2. The molecule has 4 rings (SSSR count). The third kappa shape index (κ3) is 4.84. The highest BCUT2D eigenvalue weighted by Gasteiger charge is 2.44. The highest BCUT2D eigenvalue weighted by molar-refractivity contribution is 14.0. The first kappa shape index (κ1) is 20.2. The number of hydrogen-bond donors (Lipinski definition) is 2. The molecule has 26 heavy (non-hydrogen) atoms. The summed E-state index contributed by atoms with van der Waals surface area (Å²) in [4.78, 5) is 7.08. The van der Waals surface area contributed by atoms with Crippen LogP contribution in [0.5, 0.6) is 0 Å². The van der Waals surface area contributed by atoms with E-state index in [1.807, 2.05) is 13.1 Å². The topological polar surface area (TPSA) is 39.7 Å². The maximum atomic E-state index is 6.17. The lowest BCUT2D eigenvalue weighted by atomic mass is 9.96. The van der Waals surface area contributed by atoms with Crippen molar-refractivity contribution in [2.75, 3.05) is 33.2 Å². The van der Waals surface area contributed by atoms with E-state index in [0.29, 0.717) is 0 Å². The molecule has 1 aromatic carbocycles. The molecule has 1 atom stereocenters. The molecule has 3 aliphatic rings. The average molecular weight is 489 g/mol. The highest BCUT2D eigenvalue weighted by Crippen LogP contribution is 2.48. The maximum absolute atomic E-state index is 6.17. The van der Waals surface area contributed by atoms with Crippen LogP contribution in [-0.4, -0.2) is 50.1 Å². The Balaban J connectivity index is 0.00000196. The SMILES string of the molecule is CN=C(NCC1CCN(C2CC2)C1)NCC1(c2cccc(Cl)c2)CC1.I. The van der Waals surface area contributed by atoms with Crippen molar-refractivity contribution < 1.29 is 0 Å². The summed E-state index contributed by atoms with van der Waals surface area (Å²) < 4.78 is 0. The van der Waals surface area contributed by atoms with Gasteiger partial charge in [0.15, 0.2) is 5.96 Å². The molecule has 4 nitrogen and oxygen atoms in total. The molecule has 2 N–H and O–H groups in total. The van der Waals surface area contributed by atoms with Crippen LogP contribution in [0.2, 0.25) is 5.02 Å². The van der Waals surface area contributed by atoms with Crippen LogP contribution < -0.4 is 10.6 Å². The molecule has 144 valence electrons. The molecule has 0 bridgehead atoms. The fourth-order valence-corrected chi connectivity index (χ4v) is 4.24. The first-order chi connectivity index (χ1) is 12.2. The Morgan fingerprint density at radius 3 is 2.73 bits per heavy atom. The predicted molar refractivity (Wildman–Crippen MR) is 120 cm³/mol. The van der Waals surface area contributed by atoms with Crippen molar-refractivity contribution in [2.24, 2.45) is 10.9 Å². The molecule has 1 aliphatic heterocycles. The largest absolute Gasteiger partial charge is 0.356 e. The van der Waals surface area contributed by atoms with Crippen LogP contribution in [0.25, 0.3) is 0 Å². The lowest BCUT2D eigenvalue weighted by molar-refractivity contribution is 0.314. The van der Waals surface area contributed by atoms with Gasteiger partial charge < -0.3 is 15.5 Å². The monoisotopic (exact) mass is 488 g/mol. The second kappa shape index (κ2) is 8.65. The number of aliphatic imine (C=N–C) groups is 1. The van der Waals surface area contributed by atoms with Crippen molar-refractivity contribution in [3.05, 3.63) is 34.9 Å². The van der Waals surface area contributed by atoms with E-state index in [0.717, 1.165) is 36.0 Å². The van der Waals surface area contributed by atoms with Gasteiger partial charge in [-0.05, 0) is 62.3 Å². The maximum Gasteiger partial charge on any atom is 0.191 e. The zero-order valence-electron chi connectivity index (χ0n) is 15.5. The molecule has 0 radical (unpaired) electrons. The molecule has 0 spiro atoms. The van der Waals surface area contributed by atoms with Crippen molar-refractivity contribution in [1.29, 1.82) is 0 Å². The van der Waals surface area contributed by atoms with Gasteiger partial charge in [0.2, 0.25) is 0 Å². The minimum atomic E-state index is 0. The summed E-state index contributed by atoms with van der Waals surface area (Å²) in [6.45, 7) is 4.47. The summed E-state index contributed by atoms with van der Waals surface area (Å²) in [6.07, 6.45) is 6.57. The first-order valence-electron chi connectivity index (χ1n) is 9.63. The van der Waals surface area contributed by atoms with Gasteiger partial charge in [-0.15, -0.1) is 24.0 Å². The average Bonchev–Trinajstić information content (AvgIpc) is 3.55. The predicted octanol–water partition coefficient (Wildman–Crippen LogP) is 3.64. The minimum absolute atomic E-state index is 0. The van der Waals surface area contributed by atoms with Gasteiger partial charge in [0.05, 0.1) is 0 Å². The Morgan fingerprint density at radius 1 is 1.27 bits per heavy atom. The van der Waals surface area contributed by atoms with Gasteiger partial charge >= 0.3 is 0 Å². The fraction of sp³-hybridized carbons (Fsp3) is 0.650. The summed E-state index contributed by atoms with van der Waals surface area (Å²) in [7, 11) is 1.86. The van der Waals surface area contributed by atoms with E-state index in [1.165, 1.54) is 50.8 Å². The van der Waals surface area contributed by atoms with E-state index in [-0.39, 0.29) is 29.4 Å². The molecule has 0 amide bonds. The zero-order chi connectivity index (χ0) is 17.3. The smallest absolute Gasteiger partial charge is 0.191 e. The van der Waals surface area contributed by atoms with Crippen molar-refractivity contribution in [2.45, 2.75) is 43.6 Å². The Morgan fingerprint density at radius 2 is 2.08 bits per heavy atom. The van der Waals surface area contributed by atoms with E-state index < -0.39 is 0 Å². The van der Waals surface area contributed by atoms with E-state index in [9.17, 15) is 0 Å². The Hall–Kier alpha value is -0.530. The number of guanidine groups is 1. The summed E-state index contributed by atoms with van der Waals surface area (Å²) in [5.41, 5.74) is 1.58. The third-order valence-corrected chi connectivity index (χ3v) is 6.28. The molecule has 0 aromatic heterocycles. The van der Waals surface area contributed by atoms with Crippen molar-refractivity contribution in [3.8, 4) is 0 Å². The van der Waals surface area contributed by atoms with Crippen LogP contribution in [0.4, 0.5) is 0 Å². The Bertz CT molecular complexity index is 642. The summed E-state index contributed by atoms with van der Waals surface area (Å²) in [6, 6.07) is 9.20. The summed E-state index contributed by atoms with van der Waals surface area (Å²) in [5.74, 6) is 1.68. The van der Waals surface area contributed by atoms with Crippen LogP contribution in [0.1, 0.15) is 37.7 Å². The van der Waals surface area contributed by atoms with Gasteiger partial charge in [0, 0.05) is 43.2 Å². The van der Waals surface area contributed by atoms with Crippen LogP contribution in [0.3, 0.4) is 0 Å². The van der Waals surface area contributed by atoms with Gasteiger partial charge in [0.25, 0.3) is 0 Å². The second-order valence-corrected chi connectivity index (χ2v) is 8.41. The second-order valence-electron chi connectivity index (χ2n) is 7.98. The lowest BCUT2D eigenvalue weighted by Gasteiger charge is -2.20. The number of rotatable bonds is 6. The minimum Gasteiger partial charge on any atom is -0.356 e.